The second-order valence-corrected chi connectivity index (χ2v) is 9.99. The van der Waals surface area contributed by atoms with Crippen LogP contribution in [-0.2, 0) is 10.9 Å². The highest BCUT2D eigenvalue weighted by molar-refractivity contribution is 7.19. The van der Waals surface area contributed by atoms with Crippen LogP contribution in [0.15, 0.2) is 24.3 Å². The van der Waals surface area contributed by atoms with Crippen molar-refractivity contribution in [2.75, 3.05) is 30.3 Å². The van der Waals surface area contributed by atoms with E-state index in [0.29, 0.717) is 36.0 Å². The van der Waals surface area contributed by atoms with Crippen molar-refractivity contribution in [3.63, 3.8) is 0 Å². The Morgan fingerprint density at radius 1 is 1.26 bits per heavy atom. The lowest BCUT2D eigenvalue weighted by Crippen LogP contribution is -2.42. The molecule has 3 heterocycles. The fourth-order valence-electron chi connectivity index (χ4n) is 4.25. The van der Waals surface area contributed by atoms with Gasteiger partial charge >= 0.3 is 12.3 Å². The Morgan fingerprint density at radius 3 is 2.68 bits per heavy atom. The fourth-order valence-corrected chi connectivity index (χ4v) is 5.12. The number of aromatic nitrogens is 1. The van der Waals surface area contributed by atoms with Gasteiger partial charge in [-0.2, -0.15) is 13.2 Å². The number of halogens is 3. The molecule has 6 nitrogen and oxygen atoms in total. The van der Waals surface area contributed by atoms with E-state index < -0.39 is 17.3 Å². The summed E-state index contributed by atoms with van der Waals surface area (Å²) in [5, 5.41) is 1.03. The number of hydrogen-bond acceptors (Lipinski definition) is 6. The molecule has 0 saturated carbocycles. The summed E-state index contributed by atoms with van der Waals surface area (Å²) in [7, 11) is 0. The van der Waals surface area contributed by atoms with Crippen LogP contribution in [0.3, 0.4) is 0 Å². The molecule has 1 aromatic carbocycles. The summed E-state index contributed by atoms with van der Waals surface area (Å²) in [5.74, 6) is 0.269. The van der Waals surface area contributed by atoms with Crippen LogP contribution in [0.25, 0.3) is 11.3 Å². The molecule has 4 rings (SSSR count). The van der Waals surface area contributed by atoms with Crippen LogP contribution in [0.1, 0.15) is 32.8 Å². The summed E-state index contributed by atoms with van der Waals surface area (Å²) in [4.78, 5) is 20.8. The third-order valence-electron chi connectivity index (χ3n) is 5.55. The minimum Gasteiger partial charge on any atom is -0.444 e. The molecule has 10 heteroatoms. The predicted octanol–water partition coefficient (Wildman–Crippen LogP) is 4.86. The molecule has 2 aliphatic rings. The molecule has 31 heavy (non-hydrogen) atoms. The number of nitrogens with two attached hydrogens (primary N) is 1. The van der Waals surface area contributed by atoms with E-state index in [2.05, 4.69) is 9.88 Å². The number of amides is 1. The molecular formula is C21H25F3N4O2S. The number of likely N-dealkylation sites (tertiary alicyclic amines) is 1. The van der Waals surface area contributed by atoms with Gasteiger partial charge in [0.05, 0.1) is 11.6 Å². The van der Waals surface area contributed by atoms with Crippen molar-refractivity contribution in [1.82, 2.24) is 9.88 Å². The molecule has 0 radical (unpaired) electrons. The maximum Gasteiger partial charge on any atom is 0.416 e. The Balaban J connectivity index is 1.58. The highest BCUT2D eigenvalue weighted by atomic mass is 32.1. The lowest BCUT2D eigenvalue weighted by atomic mass is 10.1. The second-order valence-electron chi connectivity index (χ2n) is 8.98. The van der Waals surface area contributed by atoms with Crippen LogP contribution in [0.2, 0.25) is 0 Å². The minimum atomic E-state index is -4.43. The van der Waals surface area contributed by atoms with Crippen LogP contribution >= 0.6 is 11.3 Å². The van der Waals surface area contributed by atoms with E-state index in [1.165, 1.54) is 17.4 Å². The van der Waals surface area contributed by atoms with Crippen molar-refractivity contribution < 1.29 is 22.7 Å². The van der Waals surface area contributed by atoms with Crippen molar-refractivity contribution in [2.24, 2.45) is 5.92 Å². The smallest absolute Gasteiger partial charge is 0.416 e. The first kappa shape index (κ1) is 21.7. The third kappa shape index (κ3) is 4.44. The standard InChI is InChI=1S/C21H25F3N4O2S/c1-20(2,3)30-19(29)28-8-7-13-10-27(11-15(13)28)17-16(26-18(25)31-17)12-5-4-6-14(9-12)21(22,23)24/h4-6,9,13,15H,7-8,10-11H2,1-3H3,(H2,25,26). The summed E-state index contributed by atoms with van der Waals surface area (Å²) in [6.45, 7) is 7.40. The normalized spacial score (nSPS) is 21.5. The van der Waals surface area contributed by atoms with Gasteiger partial charge in [-0.3, -0.25) is 0 Å². The molecule has 2 aliphatic heterocycles. The number of fused-ring (bicyclic) bond motifs is 1. The van der Waals surface area contributed by atoms with Gasteiger partial charge in [-0.1, -0.05) is 23.5 Å². The minimum absolute atomic E-state index is 0.00691. The van der Waals surface area contributed by atoms with Crippen LogP contribution in [0.5, 0.6) is 0 Å². The highest BCUT2D eigenvalue weighted by Gasteiger charge is 2.45. The van der Waals surface area contributed by atoms with Gasteiger partial charge in [0, 0.05) is 31.1 Å². The van der Waals surface area contributed by atoms with Gasteiger partial charge in [0.25, 0.3) is 0 Å². The molecule has 1 aromatic heterocycles. The average molecular weight is 455 g/mol. The van der Waals surface area contributed by atoms with Crippen molar-refractivity contribution in [3.8, 4) is 11.3 Å². The number of nitrogens with zero attached hydrogens (tertiary/aromatic N) is 3. The molecule has 0 bridgehead atoms. The van der Waals surface area contributed by atoms with Crippen molar-refractivity contribution in [3.05, 3.63) is 29.8 Å². The Hall–Kier alpha value is -2.49. The number of thiazole rings is 1. The first-order valence-corrected chi connectivity index (χ1v) is 10.9. The van der Waals surface area contributed by atoms with Gasteiger partial charge in [0.15, 0.2) is 5.13 Å². The van der Waals surface area contributed by atoms with E-state index in [-0.39, 0.29) is 18.1 Å². The van der Waals surface area contributed by atoms with Crippen LogP contribution in [0.4, 0.5) is 28.1 Å². The lowest BCUT2D eigenvalue weighted by molar-refractivity contribution is -0.137. The Morgan fingerprint density at radius 2 is 2.00 bits per heavy atom. The number of benzene rings is 1. The highest BCUT2D eigenvalue weighted by Crippen LogP contribution is 2.43. The quantitative estimate of drug-likeness (QED) is 0.702. The Kier molecular flexibility index (Phi) is 5.31. The topological polar surface area (TPSA) is 71.7 Å². The number of anilines is 2. The molecule has 0 spiro atoms. The van der Waals surface area contributed by atoms with Gasteiger partial charge in [-0.15, -0.1) is 0 Å². The monoisotopic (exact) mass is 454 g/mol. The second kappa shape index (κ2) is 7.58. The zero-order chi connectivity index (χ0) is 22.6. The summed E-state index contributed by atoms with van der Waals surface area (Å²) < 4.78 is 45.1. The predicted molar refractivity (Wildman–Crippen MR) is 114 cm³/mol. The number of carbonyl (C=O) groups excluding carboxylic acids is 1. The largest absolute Gasteiger partial charge is 0.444 e. The molecule has 2 fully saturated rings. The summed E-state index contributed by atoms with van der Waals surface area (Å²) >= 11 is 1.25. The van der Waals surface area contributed by atoms with E-state index in [1.54, 1.807) is 11.0 Å². The number of carbonyl (C=O) groups is 1. The molecule has 2 aromatic rings. The van der Waals surface area contributed by atoms with Gasteiger partial charge in [-0.25, -0.2) is 9.78 Å². The zero-order valence-corrected chi connectivity index (χ0v) is 18.4. The van der Waals surface area contributed by atoms with Gasteiger partial charge in [0.2, 0.25) is 0 Å². The summed E-state index contributed by atoms with van der Waals surface area (Å²) in [6.07, 6.45) is -3.91. The number of ether oxygens (including phenoxy) is 1. The van der Waals surface area contributed by atoms with Crippen molar-refractivity contribution >= 4 is 27.6 Å². The van der Waals surface area contributed by atoms with Gasteiger partial charge < -0.3 is 20.3 Å². The Bertz CT molecular complexity index is 986. The molecule has 2 N–H and O–H groups in total. The molecule has 1 amide bonds. The number of rotatable bonds is 2. The first-order chi connectivity index (χ1) is 14.4. The SMILES string of the molecule is CC(C)(C)OC(=O)N1CCC2CN(c3sc(N)nc3-c3cccc(C(F)(F)F)c3)CC21. The molecule has 168 valence electrons. The third-order valence-corrected chi connectivity index (χ3v) is 6.50. The number of nitrogen functional groups attached to an aromatic ring is 1. The molecular weight excluding hydrogens is 429 g/mol. The van der Waals surface area contributed by atoms with E-state index >= 15 is 0 Å². The van der Waals surface area contributed by atoms with Crippen molar-refractivity contribution in [1.29, 1.82) is 0 Å². The molecule has 2 atom stereocenters. The Labute approximate surface area is 182 Å². The fraction of sp³-hybridized carbons (Fsp3) is 0.524. The van der Waals surface area contributed by atoms with Gasteiger partial charge in [0.1, 0.15) is 16.3 Å². The van der Waals surface area contributed by atoms with E-state index in [1.807, 2.05) is 20.8 Å². The zero-order valence-electron chi connectivity index (χ0n) is 17.6. The van der Waals surface area contributed by atoms with E-state index in [4.69, 9.17) is 10.5 Å². The van der Waals surface area contributed by atoms with Crippen LogP contribution in [0, 0.1) is 5.92 Å². The number of hydrogen-bond donors (Lipinski definition) is 1. The average Bonchev–Trinajstić information content (AvgIpc) is 3.32. The van der Waals surface area contributed by atoms with Crippen LogP contribution in [-0.4, -0.2) is 47.3 Å². The first-order valence-electron chi connectivity index (χ1n) is 10.1. The molecule has 0 aliphatic carbocycles. The summed E-state index contributed by atoms with van der Waals surface area (Å²) in [5.41, 5.74) is 5.46. The lowest BCUT2D eigenvalue weighted by Gasteiger charge is -2.28. The van der Waals surface area contributed by atoms with Crippen molar-refractivity contribution in [2.45, 2.75) is 45.0 Å². The maximum atomic E-state index is 13.2. The van der Waals surface area contributed by atoms with E-state index in [9.17, 15) is 18.0 Å². The number of alkyl halides is 3. The van der Waals surface area contributed by atoms with Crippen LogP contribution < -0.4 is 10.6 Å². The summed E-state index contributed by atoms with van der Waals surface area (Å²) in [6, 6.07) is 5.12. The molecule has 2 unspecified atom stereocenters. The molecule has 2 saturated heterocycles. The maximum absolute atomic E-state index is 13.2. The van der Waals surface area contributed by atoms with Gasteiger partial charge in [-0.05, 0) is 39.3 Å². The van der Waals surface area contributed by atoms with E-state index in [0.717, 1.165) is 23.6 Å².